The van der Waals surface area contributed by atoms with Crippen molar-refractivity contribution < 1.29 is 14.3 Å². The van der Waals surface area contributed by atoms with E-state index in [-0.39, 0.29) is 11.8 Å². The Morgan fingerprint density at radius 1 is 0.793 bits per heavy atom. The van der Waals surface area contributed by atoms with Gasteiger partial charge >= 0.3 is 6.03 Å². The monoisotopic (exact) mass is 386 g/mol. The molecule has 0 saturated heterocycles. The standard InChI is InChI=1S/C24H22N2O3/c1-17-3-10-20(11-4-17)25-24(28)26-21-12-8-19(9-13-21)23(27)16-7-18-5-14-22(29-2)15-6-18/h3-16H,1-2H3,(H2,25,26,28)/b16-7+. The van der Waals surface area contributed by atoms with Crippen LogP contribution < -0.4 is 15.4 Å². The molecule has 5 nitrogen and oxygen atoms in total. The molecule has 0 aliphatic heterocycles. The first-order valence-electron chi connectivity index (χ1n) is 9.15. The van der Waals surface area contributed by atoms with E-state index in [0.29, 0.717) is 16.9 Å². The SMILES string of the molecule is COc1ccc(/C=C/C(=O)c2ccc(NC(=O)Nc3ccc(C)cc3)cc2)cc1. The van der Waals surface area contributed by atoms with Gasteiger partial charge in [0.25, 0.3) is 0 Å². The molecule has 0 saturated carbocycles. The molecule has 0 spiro atoms. The van der Waals surface area contributed by atoms with Crippen LogP contribution in [0.25, 0.3) is 6.08 Å². The van der Waals surface area contributed by atoms with E-state index in [9.17, 15) is 9.59 Å². The number of hydrogen-bond acceptors (Lipinski definition) is 3. The highest BCUT2D eigenvalue weighted by atomic mass is 16.5. The van der Waals surface area contributed by atoms with Crippen molar-refractivity contribution in [3.8, 4) is 5.75 Å². The number of anilines is 2. The lowest BCUT2D eigenvalue weighted by atomic mass is 10.1. The zero-order valence-electron chi connectivity index (χ0n) is 16.3. The highest BCUT2D eigenvalue weighted by molar-refractivity contribution is 6.07. The third kappa shape index (κ3) is 5.81. The molecule has 146 valence electrons. The van der Waals surface area contributed by atoms with Crippen LogP contribution in [0.1, 0.15) is 21.5 Å². The number of benzene rings is 3. The minimum absolute atomic E-state index is 0.114. The van der Waals surface area contributed by atoms with Crippen molar-refractivity contribution in [1.82, 2.24) is 0 Å². The third-order valence-electron chi connectivity index (χ3n) is 4.28. The quantitative estimate of drug-likeness (QED) is 0.431. The summed E-state index contributed by atoms with van der Waals surface area (Å²) in [6.45, 7) is 1.99. The van der Waals surface area contributed by atoms with Crippen molar-refractivity contribution >= 4 is 29.3 Å². The van der Waals surface area contributed by atoms with Gasteiger partial charge in [-0.3, -0.25) is 4.79 Å². The number of rotatable bonds is 6. The normalized spacial score (nSPS) is 10.6. The van der Waals surface area contributed by atoms with Crippen molar-refractivity contribution in [2.45, 2.75) is 6.92 Å². The molecule has 29 heavy (non-hydrogen) atoms. The fourth-order valence-electron chi connectivity index (χ4n) is 2.63. The molecule has 0 unspecified atom stereocenters. The Kier molecular flexibility index (Phi) is 6.43. The van der Waals surface area contributed by atoms with Crippen LogP contribution in [0.5, 0.6) is 5.75 Å². The predicted octanol–water partition coefficient (Wildman–Crippen LogP) is 5.54. The van der Waals surface area contributed by atoms with Gasteiger partial charge < -0.3 is 15.4 Å². The highest BCUT2D eigenvalue weighted by Gasteiger charge is 2.05. The van der Waals surface area contributed by atoms with Crippen molar-refractivity contribution in [1.29, 1.82) is 0 Å². The van der Waals surface area contributed by atoms with Gasteiger partial charge in [-0.15, -0.1) is 0 Å². The molecule has 0 radical (unpaired) electrons. The minimum atomic E-state index is -0.340. The van der Waals surface area contributed by atoms with Crippen LogP contribution >= 0.6 is 0 Å². The van der Waals surface area contributed by atoms with Gasteiger partial charge in [0, 0.05) is 16.9 Å². The minimum Gasteiger partial charge on any atom is -0.497 e. The molecule has 3 aromatic carbocycles. The van der Waals surface area contributed by atoms with Crippen LogP contribution in [0.2, 0.25) is 0 Å². The number of carbonyl (C=O) groups excluding carboxylic acids is 2. The van der Waals surface area contributed by atoms with Crippen molar-refractivity contribution in [2.75, 3.05) is 17.7 Å². The van der Waals surface area contributed by atoms with E-state index >= 15 is 0 Å². The first-order valence-corrected chi connectivity index (χ1v) is 9.15. The lowest BCUT2D eigenvalue weighted by Crippen LogP contribution is -2.19. The number of allylic oxidation sites excluding steroid dienone is 1. The van der Waals surface area contributed by atoms with Crippen LogP contribution in [0.3, 0.4) is 0 Å². The van der Waals surface area contributed by atoms with Gasteiger partial charge in [0.05, 0.1) is 7.11 Å². The number of methoxy groups -OCH3 is 1. The molecule has 0 heterocycles. The summed E-state index contributed by atoms with van der Waals surface area (Å²) >= 11 is 0. The zero-order valence-corrected chi connectivity index (χ0v) is 16.3. The summed E-state index contributed by atoms with van der Waals surface area (Å²) in [6, 6.07) is 21.4. The number of amides is 2. The number of aryl methyl sites for hydroxylation is 1. The van der Waals surface area contributed by atoms with Gasteiger partial charge in [-0.25, -0.2) is 4.79 Å². The Hall–Kier alpha value is -3.86. The topological polar surface area (TPSA) is 67.4 Å². The average molecular weight is 386 g/mol. The van der Waals surface area contributed by atoms with Gasteiger partial charge in [0.2, 0.25) is 0 Å². The van der Waals surface area contributed by atoms with Gasteiger partial charge in [-0.1, -0.05) is 35.9 Å². The van der Waals surface area contributed by atoms with Gasteiger partial charge in [-0.05, 0) is 67.1 Å². The van der Waals surface area contributed by atoms with E-state index in [4.69, 9.17) is 4.74 Å². The Morgan fingerprint density at radius 2 is 1.34 bits per heavy atom. The maximum absolute atomic E-state index is 12.3. The number of ketones is 1. The first kappa shape index (κ1) is 19.9. The van der Waals surface area contributed by atoms with Crippen LogP contribution in [-0.2, 0) is 0 Å². The van der Waals surface area contributed by atoms with Crippen LogP contribution in [0.4, 0.5) is 16.2 Å². The summed E-state index contributed by atoms with van der Waals surface area (Å²) in [4.78, 5) is 24.4. The van der Waals surface area contributed by atoms with Gasteiger partial charge in [0.15, 0.2) is 5.78 Å². The second-order valence-corrected chi connectivity index (χ2v) is 6.49. The van der Waals surface area contributed by atoms with Crippen molar-refractivity contribution in [2.24, 2.45) is 0 Å². The predicted molar refractivity (Wildman–Crippen MR) is 117 cm³/mol. The fourth-order valence-corrected chi connectivity index (χ4v) is 2.63. The van der Waals surface area contributed by atoms with E-state index < -0.39 is 0 Å². The Labute approximate surface area is 170 Å². The van der Waals surface area contributed by atoms with E-state index in [1.165, 1.54) is 6.08 Å². The summed E-state index contributed by atoms with van der Waals surface area (Å²) < 4.78 is 5.12. The molecule has 5 heteroatoms. The highest BCUT2D eigenvalue weighted by Crippen LogP contribution is 2.15. The van der Waals surface area contributed by atoms with Gasteiger partial charge in [-0.2, -0.15) is 0 Å². The van der Waals surface area contributed by atoms with Crippen LogP contribution in [0, 0.1) is 6.92 Å². The van der Waals surface area contributed by atoms with E-state index in [2.05, 4.69) is 10.6 Å². The molecular weight excluding hydrogens is 364 g/mol. The van der Waals surface area contributed by atoms with E-state index in [1.807, 2.05) is 55.5 Å². The number of ether oxygens (including phenoxy) is 1. The molecule has 3 aromatic rings. The van der Waals surface area contributed by atoms with Crippen molar-refractivity contribution in [3.63, 3.8) is 0 Å². The number of nitrogens with one attached hydrogen (secondary N) is 2. The molecule has 0 aliphatic carbocycles. The summed E-state index contributed by atoms with van der Waals surface area (Å²) in [5, 5.41) is 5.51. The smallest absolute Gasteiger partial charge is 0.323 e. The van der Waals surface area contributed by atoms with E-state index in [1.54, 1.807) is 37.5 Å². The summed E-state index contributed by atoms with van der Waals surface area (Å²) in [5.41, 5.74) is 3.88. The Bertz CT molecular complexity index is 1010. The first-order chi connectivity index (χ1) is 14.0. The lowest BCUT2D eigenvalue weighted by molar-refractivity contribution is 0.104. The van der Waals surface area contributed by atoms with Crippen LogP contribution in [0.15, 0.2) is 78.9 Å². The lowest BCUT2D eigenvalue weighted by Gasteiger charge is -2.08. The van der Waals surface area contributed by atoms with Crippen molar-refractivity contribution in [3.05, 3.63) is 95.6 Å². The fraction of sp³-hybridized carbons (Fsp3) is 0.0833. The summed E-state index contributed by atoms with van der Waals surface area (Å²) in [5.74, 6) is 0.652. The molecule has 2 N–H and O–H groups in total. The number of carbonyl (C=O) groups is 2. The number of hydrogen-bond donors (Lipinski definition) is 2. The van der Waals surface area contributed by atoms with Gasteiger partial charge in [0.1, 0.15) is 5.75 Å². The maximum atomic E-state index is 12.3. The summed E-state index contributed by atoms with van der Waals surface area (Å²) in [7, 11) is 1.61. The average Bonchev–Trinajstić information content (AvgIpc) is 2.74. The van der Waals surface area contributed by atoms with E-state index in [0.717, 1.165) is 16.9 Å². The molecule has 3 rings (SSSR count). The molecular formula is C24H22N2O3. The molecule has 0 atom stereocenters. The second kappa shape index (κ2) is 9.37. The molecule has 0 bridgehead atoms. The molecule has 0 aliphatic rings. The summed E-state index contributed by atoms with van der Waals surface area (Å²) in [6.07, 6.45) is 3.28. The number of urea groups is 1. The molecule has 0 aromatic heterocycles. The molecule has 0 fully saturated rings. The Balaban J connectivity index is 1.57. The Morgan fingerprint density at radius 3 is 1.90 bits per heavy atom. The maximum Gasteiger partial charge on any atom is 0.323 e. The second-order valence-electron chi connectivity index (χ2n) is 6.49. The van der Waals surface area contributed by atoms with Crippen LogP contribution in [-0.4, -0.2) is 18.9 Å². The zero-order chi connectivity index (χ0) is 20.6. The third-order valence-corrected chi connectivity index (χ3v) is 4.28. The molecule has 2 amide bonds. The largest absolute Gasteiger partial charge is 0.497 e.